The number of piperidine rings is 1. The van der Waals surface area contributed by atoms with Gasteiger partial charge in [0.05, 0.1) is 11.1 Å². The highest BCUT2D eigenvalue weighted by molar-refractivity contribution is 6.30. The molecule has 0 bridgehead atoms. The average Bonchev–Trinajstić information content (AvgIpc) is 3.01. The second kappa shape index (κ2) is 7.01. The summed E-state index contributed by atoms with van der Waals surface area (Å²) in [6.07, 6.45) is 9.04. The zero-order chi connectivity index (χ0) is 17.4. The Morgan fingerprint density at radius 2 is 1.80 bits per heavy atom. The lowest BCUT2D eigenvalue weighted by molar-refractivity contribution is 0.0762. The molecular weight excluding hydrogens is 341 g/mol. The third-order valence-corrected chi connectivity index (χ3v) is 6.77. The number of aliphatic hydroxyl groups is 1. The summed E-state index contributed by atoms with van der Waals surface area (Å²) in [7, 11) is 0. The van der Waals surface area contributed by atoms with E-state index in [0.29, 0.717) is 22.3 Å². The molecule has 3 fully saturated rings. The average molecular weight is 368 g/mol. The first-order valence-corrected chi connectivity index (χ1v) is 9.91. The van der Waals surface area contributed by atoms with Crippen molar-refractivity contribution in [3.8, 4) is 0 Å². The Balaban J connectivity index is 1.35. The summed E-state index contributed by atoms with van der Waals surface area (Å²) in [5.41, 5.74) is 0.384. The molecule has 0 aromatic carbocycles. The summed E-state index contributed by atoms with van der Waals surface area (Å²) in [4.78, 5) is 8.92. The number of hydrogen-bond acceptors (Lipinski definition) is 4. The van der Waals surface area contributed by atoms with Crippen LogP contribution in [0.15, 0.2) is 12.3 Å². The van der Waals surface area contributed by atoms with Gasteiger partial charge < -0.3 is 10.0 Å². The molecule has 0 radical (unpaired) electrons. The molecule has 1 aromatic heterocycles. The minimum absolute atomic E-state index is 0.0853. The van der Waals surface area contributed by atoms with Gasteiger partial charge in [-0.2, -0.15) is 0 Å². The normalized spacial score (nSPS) is 30.1. The Kier molecular flexibility index (Phi) is 4.91. The number of pyridine rings is 1. The predicted molar refractivity (Wildman–Crippen MR) is 97.5 cm³/mol. The first kappa shape index (κ1) is 17.5. The molecule has 1 spiro atoms. The third kappa shape index (κ3) is 3.64. The number of likely N-dealkylation sites (tertiary alicyclic amines) is 1. The third-order valence-electron chi connectivity index (χ3n) is 6.56. The van der Waals surface area contributed by atoms with Crippen LogP contribution in [0, 0.1) is 11.2 Å². The molecule has 6 heteroatoms. The molecule has 138 valence electrons. The Morgan fingerprint density at radius 3 is 2.48 bits per heavy atom. The fourth-order valence-corrected chi connectivity index (χ4v) is 5.09. The minimum Gasteiger partial charge on any atom is -0.393 e. The lowest BCUT2D eigenvalue weighted by atomic mass is 9.77. The standard InChI is InChI=1S/C19H27ClFN3O/c20-14-11-17(21)18(22-12-14)23-8-5-19(6-9-23)7-10-24(13-19)15-1-3-16(25)4-2-15/h11-12,15-16,25H,1-10,13H2. The molecule has 2 saturated heterocycles. The van der Waals surface area contributed by atoms with E-state index in [4.69, 9.17) is 11.6 Å². The SMILES string of the molecule is OC1CCC(N2CCC3(CCN(c4ncc(Cl)cc4F)CC3)C2)CC1. The maximum Gasteiger partial charge on any atom is 0.167 e. The first-order valence-electron chi connectivity index (χ1n) is 9.53. The number of aromatic nitrogens is 1. The molecule has 0 atom stereocenters. The van der Waals surface area contributed by atoms with Crippen molar-refractivity contribution >= 4 is 17.4 Å². The van der Waals surface area contributed by atoms with Crippen LogP contribution >= 0.6 is 11.6 Å². The Labute approximate surface area is 154 Å². The summed E-state index contributed by atoms with van der Waals surface area (Å²) in [6.45, 7) is 4.07. The number of nitrogens with zero attached hydrogens (tertiary/aromatic N) is 3. The van der Waals surface area contributed by atoms with Gasteiger partial charge >= 0.3 is 0 Å². The topological polar surface area (TPSA) is 39.6 Å². The van der Waals surface area contributed by atoms with E-state index < -0.39 is 0 Å². The molecule has 0 amide bonds. The van der Waals surface area contributed by atoms with Gasteiger partial charge in [-0.3, -0.25) is 4.90 Å². The van der Waals surface area contributed by atoms with Gasteiger partial charge in [-0.25, -0.2) is 9.37 Å². The molecule has 4 rings (SSSR count). The van der Waals surface area contributed by atoms with Crippen molar-refractivity contribution in [3.63, 3.8) is 0 Å². The number of aliphatic hydroxyl groups excluding tert-OH is 1. The van der Waals surface area contributed by atoms with Crippen LogP contribution in [0.5, 0.6) is 0 Å². The summed E-state index contributed by atoms with van der Waals surface area (Å²) < 4.78 is 14.1. The van der Waals surface area contributed by atoms with Gasteiger partial charge in [0.25, 0.3) is 0 Å². The van der Waals surface area contributed by atoms with Crippen molar-refractivity contribution in [3.05, 3.63) is 23.1 Å². The van der Waals surface area contributed by atoms with Crippen LogP contribution in [-0.2, 0) is 0 Å². The van der Waals surface area contributed by atoms with E-state index in [0.717, 1.165) is 58.2 Å². The summed E-state index contributed by atoms with van der Waals surface area (Å²) in [5.74, 6) is 0.118. The van der Waals surface area contributed by atoms with E-state index >= 15 is 0 Å². The smallest absolute Gasteiger partial charge is 0.167 e. The summed E-state index contributed by atoms with van der Waals surface area (Å²) >= 11 is 5.81. The van der Waals surface area contributed by atoms with Crippen molar-refractivity contribution in [1.82, 2.24) is 9.88 Å². The van der Waals surface area contributed by atoms with Gasteiger partial charge in [0.1, 0.15) is 0 Å². The van der Waals surface area contributed by atoms with E-state index in [9.17, 15) is 9.50 Å². The van der Waals surface area contributed by atoms with Crippen molar-refractivity contribution in [2.45, 2.75) is 57.1 Å². The van der Waals surface area contributed by atoms with Crippen molar-refractivity contribution < 1.29 is 9.50 Å². The largest absolute Gasteiger partial charge is 0.393 e. The molecule has 1 N–H and O–H groups in total. The molecule has 1 aliphatic carbocycles. The van der Waals surface area contributed by atoms with Crippen LogP contribution in [0.1, 0.15) is 44.9 Å². The Hall–Kier alpha value is -0.910. The number of anilines is 1. The van der Waals surface area contributed by atoms with Crippen LogP contribution in [0.25, 0.3) is 0 Å². The maximum absolute atomic E-state index is 14.1. The number of halogens is 2. The van der Waals surface area contributed by atoms with Crippen molar-refractivity contribution in [2.24, 2.45) is 5.41 Å². The quantitative estimate of drug-likeness (QED) is 0.868. The van der Waals surface area contributed by atoms with Crippen LogP contribution in [0.3, 0.4) is 0 Å². The second-order valence-corrected chi connectivity index (χ2v) is 8.57. The maximum atomic E-state index is 14.1. The zero-order valence-corrected chi connectivity index (χ0v) is 15.4. The highest BCUT2D eigenvalue weighted by atomic mass is 35.5. The molecule has 1 saturated carbocycles. The zero-order valence-electron chi connectivity index (χ0n) is 14.6. The van der Waals surface area contributed by atoms with Crippen molar-refractivity contribution in [2.75, 3.05) is 31.1 Å². The minimum atomic E-state index is -0.322. The van der Waals surface area contributed by atoms with Gasteiger partial charge in [-0.05, 0) is 63.0 Å². The van der Waals surface area contributed by atoms with Crippen LogP contribution < -0.4 is 4.90 Å². The highest BCUT2D eigenvalue weighted by Gasteiger charge is 2.43. The van der Waals surface area contributed by atoms with Crippen molar-refractivity contribution in [1.29, 1.82) is 0 Å². The highest BCUT2D eigenvalue weighted by Crippen LogP contribution is 2.43. The molecule has 3 aliphatic rings. The summed E-state index contributed by atoms with van der Waals surface area (Å²) in [5, 5.41) is 10.1. The number of rotatable bonds is 2. The molecule has 4 nitrogen and oxygen atoms in total. The van der Waals surface area contributed by atoms with E-state index in [1.165, 1.54) is 25.2 Å². The molecule has 25 heavy (non-hydrogen) atoms. The fraction of sp³-hybridized carbons (Fsp3) is 0.737. The fourth-order valence-electron chi connectivity index (χ4n) is 4.95. The van der Waals surface area contributed by atoms with E-state index in [1.807, 2.05) is 0 Å². The predicted octanol–water partition coefficient (Wildman–Crippen LogP) is 3.47. The van der Waals surface area contributed by atoms with Gasteiger partial charge in [0.2, 0.25) is 0 Å². The Bertz CT molecular complexity index is 613. The first-order chi connectivity index (χ1) is 12.0. The molecule has 2 aliphatic heterocycles. The molecule has 1 aromatic rings. The molecule has 3 heterocycles. The van der Waals surface area contributed by atoms with E-state index in [2.05, 4.69) is 14.8 Å². The van der Waals surface area contributed by atoms with Gasteiger partial charge in [-0.15, -0.1) is 0 Å². The summed E-state index contributed by atoms with van der Waals surface area (Å²) in [6, 6.07) is 2.00. The monoisotopic (exact) mass is 367 g/mol. The Morgan fingerprint density at radius 1 is 1.12 bits per heavy atom. The van der Waals surface area contributed by atoms with Gasteiger partial charge in [0.15, 0.2) is 11.6 Å². The lowest BCUT2D eigenvalue weighted by Crippen LogP contribution is -2.44. The molecular formula is C19H27ClFN3O. The van der Waals surface area contributed by atoms with Crippen LogP contribution in [0.4, 0.5) is 10.2 Å². The van der Waals surface area contributed by atoms with Crippen LogP contribution in [0.2, 0.25) is 5.02 Å². The lowest BCUT2D eigenvalue weighted by Gasteiger charge is -2.41. The second-order valence-electron chi connectivity index (χ2n) is 8.13. The molecule has 0 unspecified atom stereocenters. The van der Waals surface area contributed by atoms with Crippen LogP contribution in [-0.4, -0.2) is 53.3 Å². The van der Waals surface area contributed by atoms with Gasteiger partial charge in [0, 0.05) is 31.9 Å². The number of hydrogen-bond donors (Lipinski definition) is 1. The van der Waals surface area contributed by atoms with Gasteiger partial charge in [-0.1, -0.05) is 11.6 Å². The van der Waals surface area contributed by atoms with E-state index in [-0.39, 0.29) is 11.9 Å². The van der Waals surface area contributed by atoms with E-state index in [1.54, 1.807) is 0 Å².